The van der Waals surface area contributed by atoms with E-state index in [1.807, 2.05) is 17.8 Å². The first-order valence-electron chi connectivity index (χ1n) is 7.51. The van der Waals surface area contributed by atoms with E-state index in [1.165, 1.54) is 16.7 Å². The van der Waals surface area contributed by atoms with Gasteiger partial charge in [-0.15, -0.1) is 0 Å². The minimum atomic E-state index is 0.171. The Kier molecular flexibility index (Phi) is 5.02. The molecule has 1 aromatic heterocycles. The van der Waals surface area contributed by atoms with Crippen LogP contribution in [0.25, 0.3) is 0 Å². The fraction of sp³-hybridized carbons (Fsp3) is 0.471. The van der Waals surface area contributed by atoms with Crippen molar-refractivity contribution < 1.29 is 4.74 Å². The highest BCUT2D eigenvalue weighted by molar-refractivity contribution is 5.42. The largest absolute Gasteiger partial charge is 0.497 e. The van der Waals surface area contributed by atoms with Crippen molar-refractivity contribution >= 4 is 0 Å². The van der Waals surface area contributed by atoms with Crippen molar-refractivity contribution in [1.29, 1.82) is 0 Å². The third-order valence-corrected chi connectivity index (χ3v) is 3.78. The summed E-state index contributed by atoms with van der Waals surface area (Å²) in [5.41, 5.74) is 4.92. The van der Waals surface area contributed by atoms with Crippen LogP contribution in [-0.4, -0.2) is 23.4 Å². The fourth-order valence-electron chi connectivity index (χ4n) is 2.76. The van der Waals surface area contributed by atoms with E-state index < -0.39 is 0 Å². The van der Waals surface area contributed by atoms with E-state index in [0.717, 1.165) is 24.4 Å². The summed E-state index contributed by atoms with van der Waals surface area (Å²) >= 11 is 0. The van der Waals surface area contributed by atoms with Crippen LogP contribution in [0.2, 0.25) is 0 Å². The zero-order chi connectivity index (χ0) is 15.4. The maximum atomic E-state index is 5.31. The van der Waals surface area contributed by atoms with Gasteiger partial charge in [0, 0.05) is 18.8 Å². The van der Waals surface area contributed by atoms with Crippen LogP contribution in [0.3, 0.4) is 0 Å². The zero-order valence-corrected chi connectivity index (χ0v) is 13.6. The van der Waals surface area contributed by atoms with Crippen LogP contribution in [0.15, 0.2) is 24.4 Å². The van der Waals surface area contributed by atoms with Crippen molar-refractivity contribution in [2.24, 2.45) is 7.05 Å². The van der Waals surface area contributed by atoms with Gasteiger partial charge in [0.25, 0.3) is 0 Å². The number of methoxy groups -OCH3 is 1. The summed E-state index contributed by atoms with van der Waals surface area (Å²) in [4.78, 5) is 0. The van der Waals surface area contributed by atoms with Gasteiger partial charge < -0.3 is 10.1 Å². The van der Waals surface area contributed by atoms with E-state index >= 15 is 0 Å². The van der Waals surface area contributed by atoms with Crippen molar-refractivity contribution in [2.75, 3.05) is 13.7 Å². The molecular formula is C17H25N3O. The van der Waals surface area contributed by atoms with E-state index in [4.69, 9.17) is 4.74 Å². The normalized spacial score (nSPS) is 12.4. The molecule has 1 N–H and O–H groups in total. The first-order valence-corrected chi connectivity index (χ1v) is 7.51. The van der Waals surface area contributed by atoms with E-state index in [-0.39, 0.29) is 6.04 Å². The Hall–Kier alpha value is -1.81. The molecule has 0 bridgehead atoms. The van der Waals surface area contributed by atoms with E-state index in [9.17, 15) is 0 Å². The molecule has 0 aliphatic carbocycles. The standard InChI is InChI=1S/C17H25N3O/c1-6-16-15(11-20(4)19-16)17(18-7-2)14-9-8-13(21-5)10-12(14)3/h8-11,17-18H,6-7H2,1-5H3. The molecule has 0 spiro atoms. The van der Waals surface area contributed by atoms with Crippen LogP contribution < -0.4 is 10.1 Å². The lowest BCUT2D eigenvalue weighted by molar-refractivity contribution is 0.414. The molecule has 0 radical (unpaired) electrons. The molecule has 1 atom stereocenters. The molecule has 4 heteroatoms. The van der Waals surface area contributed by atoms with Gasteiger partial charge in [-0.1, -0.05) is 19.9 Å². The lowest BCUT2D eigenvalue weighted by Crippen LogP contribution is -2.23. The van der Waals surface area contributed by atoms with Gasteiger partial charge in [-0.3, -0.25) is 4.68 Å². The van der Waals surface area contributed by atoms with Gasteiger partial charge in [-0.25, -0.2) is 0 Å². The second kappa shape index (κ2) is 6.76. The first kappa shape index (κ1) is 15.6. The third-order valence-electron chi connectivity index (χ3n) is 3.78. The molecule has 114 valence electrons. The minimum absolute atomic E-state index is 0.171. The molecular weight excluding hydrogens is 262 g/mol. The Bertz CT molecular complexity index is 604. The summed E-state index contributed by atoms with van der Waals surface area (Å²) in [6, 6.07) is 6.43. The van der Waals surface area contributed by atoms with Crippen molar-refractivity contribution in [2.45, 2.75) is 33.2 Å². The number of nitrogens with one attached hydrogen (secondary N) is 1. The van der Waals surface area contributed by atoms with Gasteiger partial charge >= 0.3 is 0 Å². The quantitative estimate of drug-likeness (QED) is 0.887. The van der Waals surface area contributed by atoms with Crippen molar-refractivity contribution in [3.8, 4) is 5.75 Å². The Morgan fingerprint density at radius 1 is 1.29 bits per heavy atom. The molecule has 1 unspecified atom stereocenters. The smallest absolute Gasteiger partial charge is 0.119 e. The van der Waals surface area contributed by atoms with Crippen LogP contribution in [0.1, 0.15) is 42.3 Å². The molecule has 0 saturated heterocycles. The number of aryl methyl sites for hydroxylation is 3. The SMILES string of the molecule is CCNC(c1ccc(OC)cc1C)c1cn(C)nc1CC. The second-order valence-electron chi connectivity index (χ2n) is 5.27. The van der Waals surface area contributed by atoms with Gasteiger partial charge in [0.2, 0.25) is 0 Å². The lowest BCUT2D eigenvalue weighted by atomic mass is 9.94. The van der Waals surface area contributed by atoms with Crippen LogP contribution in [0.5, 0.6) is 5.75 Å². The molecule has 0 amide bonds. The molecule has 2 rings (SSSR count). The fourth-order valence-corrected chi connectivity index (χ4v) is 2.76. The zero-order valence-electron chi connectivity index (χ0n) is 13.6. The molecule has 1 heterocycles. The molecule has 0 aliphatic heterocycles. The summed E-state index contributed by atoms with van der Waals surface area (Å²) in [5.74, 6) is 0.897. The molecule has 0 fully saturated rings. The number of benzene rings is 1. The predicted molar refractivity (Wildman–Crippen MR) is 85.8 cm³/mol. The molecule has 0 saturated carbocycles. The minimum Gasteiger partial charge on any atom is -0.497 e. The number of rotatable bonds is 6. The number of aromatic nitrogens is 2. The van der Waals surface area contributed by atoms with Crippen molar-refractivity contribution in [3.05, 3.63) is 46.8 Å². The summed E-state index contributed by atoms with van der Waals surface area (Å²) in [5, 5.41) is 8.16. The van der Waals surface area contributed by atoms with Crippen molar-refractivity contribution in [1.82, 2.24) is 15.1 Å². The highest BCUT2D eigenvalue weighted by Gasteiger charge is 2.20. The van der Waals surface area contributed by atoms with Gasteiger partial charge in [-0.05, 0) is 43.1 Å². The number of hydrogen-bond donors (Lipinski definition) is 1. The van der Waals surface area contributed by atoms with Gasteiger partial charge in [0.15, 0.2) is 0 Å². The molecule has 21 heavy (non-hydrogen) atoms. The average molecular weight is 287 g/mol. The Morgan fingerprint density at radius 2 is 2.05 bits per heavy atom. The Labute approximate surface area is 127 Å². The summed E-state index contributed by atoms with van der Waals surface area (Å²) < 4.78 is 7.21. The predicted octanol–water partition coefficient (Wildman–Crippen LogP) is 3.00. The molecule has 4 nitrogen and oxygen atoms in total. The number of ether oxygens (including phenoxy) is 1. The molecule has 1 aromatic carbocycles. The lowest BCUT2D eigenvalue weighted by Gasteiger charge is -2.21. The summed E-state index contributed by atoms with van der Waals surface area (Å²) in [6.07, 6.45) is 3.06. The Morgan fingerprint density at radius 3 is 2.62 bits per heavy atom. The van der Waals surface area contributed by atoms with E-state index in [0.29, 0.717) is 0 Å². The Balaban J connectivity index is 2.47. The van der Waals surface area contributed by atoms with E-state index in [1.54, 1.807) is 7.11 Å². The summed E-state index contributed by atoms with van der Waals surface area (Å²) in [6.45, 7) is 7.32. The summed E-state index contributed by atoms with van der Waals surface area (Å²) in [7, 11) is 3.68. The van der Waals surface area contributed by atoms with E-state index in [2.05, 4.69) is 49.5 Å². The van der Waals surface area contributed by atoms with Crippen LogP contribution >= 0.6 is 0 Å². The molecule has 0 aliphatic rings. The monoisotopic (exact) mass is 287 g/mol. The van der Waals surface area contributed by atoms with Gasteiger partial charge in [0.1, 0.15) is 5.75 Å². The van der Waals surface area contributed by atoms with Crippen molar-refractivity contribution in [3.63, 3.8) is 0 Å². The number of hydrogen-bond acceptors (Lipinski definition) is 3. The second-order valence-corrected chi connectivity index (χ2v) is 5.27. The maximum Gasteiger partial charge on any atom is 0.119 e. The topological polar surface area (TPSA) is 39.1 Å². The average Bonchev–Trinajstić information content (AvgIpc) is 2.86. The van der Waals surface area contributed by atoms with Crippen LogP contribution in [0.4, 0.5) is 0 Å². The first-order chi connectivity index (χ1) is 10.1. The van der Waals surface area contributed by atoms with Gasteiger partial charge in [-0.2, -0.15) is 5.10 Å². The van der Waals surface area contributed by atoms with Crippen LogP contribution in [-0.2, 0) is 13.5 Å². The highest BCUT2D eigenvalue weighted by atomic mass is 16.5. The maximum absolute atomic E-state index is 5.31. The highest BCUT2D eigenvalue weighted by Crippen LogP contribution is 2.29. The van der Waals surface area contributed by atoms with Crippen LogP contribution in [0, 0.1) is 6.92 Å². The van der Waals surface area contributed by atoms with Gasteiger partial charge in [0.05, 0.1) is 18.8 Å². The molecule has 2 aromatic rings. The third kappa shape index (κ3) is 3.27. The number of nitrogens with zero attached hydrogens (tertiary/aromatic N) is 2.